The lowest BCUT2D eigenvalue weighted by Crippen LogP contribution is -1.98. The van der Waals surface area contributed by atoms with Crippen LogP contribution < -0.4 is 0 Å². The molecule has 0 aliphatic heterocycles. The van der Waals surface area contributed by atoms with Gasteiger partial charge in [0.2, 0.25) is 11.8 Å². The molecule has 182 valence electrons. The van der Waals surface area contributed by atoms with E-state index in [1.165, 1.54) is 0 Å². The molecule has 0 fully saturated rings. The summed E-state index contributed by atoms with van der Waals surface area (Å²) in [5, 5.41) is 0. The van der Waals surface area contributed by atoms with Crippen molar-refractivity contribution >= 4 is 33.8 Å². The summed E-state index contributed by atoms with van der Waals surface area (Å²) in [7, 11) is 0. The molecule has 36 heavy (non-hydrogen) atoms. The van der Waals surface area contributed by atoms with Crippen molar-refractivity contribution < 1.29 is 18.4 Å². The van der Waals surface area contributed by atoms with E-state index >= 15 is 0 Å². The normalized spacial score (nSPS) is 11.4. The summed E-state index contributed by atoms with van der Waals surface area (Å²) in [6.45, 7) is 4.15. The van der Waals surface area contributed by atoms with E-state index in [1.54, 1.807) is 6.07 Å². The second-order valence-corrected chi connectivity index (χ2v) is 9.03. The maximum absolute atomic E-state index is 12.2. The topological polar surface area (TPSA) is 86.2 Å². The molecular formula is C30H28N2O4. The van der Waals surface area contributed by atoms with E-state index < -0.39 is 0 Å². The first kappa shape index (κ1) is 23.7. The fourth-order valence-corrected chi connectivity index (χ4v) is 4.16. The minimum atomic E-state index is 0.154. The number of ketones is 2. The Morgan fingerprint density at radius 3 is 1.44 bits per heavy atom. The van der Waals surface area contributed by atoms with Crippen molar-refractivity contribution in [3.05, 3.63) is 71.8 Å². The SMILES string of the molecule is CCCCC(=O)c1ccc(-c2nc3cc4nc(-c5ccc(C(=O)CCCC)cc5)oc4cc3o2)cc1. The molecule has 6 nitrogen and oxygen atoms in total. The molecule has 0 N–H and O–H groups in total. The van der Waals surface area contributed by atoms with Crippen molar-refractivity contribution in [1.82, 2.24) is 9.97 Å². The Morgan fingerprint density at radius 2 is 1.06 bits per heavy atom. The summed E-state index contributed by atoms with van der Waals surface area (Å²) >= 11 is 0. The molecular weight excluding hydrogens is 452 g/mol. The summed E-state index contributed by atoms with van der Waals surface area (Å²) in [6, 6.07) is 18.4. The van der Waals surface area contributed by atoms with Gasteiger partial charge in [0.15, 0.2) is 22.7 Å². The number of unbranched alkanes of at least 4 members (excludes halogenated alkanes) is 2. The standard InChI is InChI=1S/C30H28N2O4/c1-3-5-7-25(33)19-9-13-21(14-10-19)29-31-23-17-24-28(18-27(23)35-29)36-30(32-24)22-15-11-20(12-16-22)26(34)8-6-4-2/h9-18H,3-8H2,1-2H3. The largest absolute Gasteiger partial charge is 0.436 e. The van der Waals surface area contributed by atoms with Gasteiger partial charge < -0.3 is 8.83 Å². The van der Waals surface area contributed by atoms with E-state index in [1.807, 2.05) is 54.6 Å². The molecule has 0 amide bonds. The molecule has 0 saturated heterocycles. The minimum absolute atomic E-state index is 0.154. The first-order chi connectivity index (χ1) is 17.6. The van der Waals surface area contributed by atoms with E-state index in [4.69, 9.17) is 8.83 Å². The maximum atomic E-state index is 12.2. The fourth-order valence-electron chi connectivity index (χ4n) is 4.16. The van der Waals surface area contributed by atoms with Gasteiger partial charge in [-0.05, 0) is 43.2 Å². The van der Waals surface area contributed by atoms with Gasteiger partial charge in [-0.1, -0.05) is 51.0 Å². The van der Waals surface area contributed by atoms with Crippen molar-refractivity contribution in [1.29, 1.82) is 0 Å². The monoisotopic (exact) mass is 480 g/mol. The summed E-state index contributed by atoms with van der Waals surface area (Å²) in [6.07, 6.45) is 4.91. The van der Waals surface area contributed by atoms with Gasteiger partial charge in [-0.3, -0.25) is 9.59 Å². The van der Waals surface area contributed by atoms with Gasteiger partial charge in [0.05, 0.1) is 0 Å². The van der Waals surface area contributed by atoms with Gasteiger partial charge in [0.1, 0.15) is 11.0 Å². The van der Waals surface area contributed by atoms with Crippen molar-refractivity contribution in [2.24, 2.45) is 0 Å². The van der Waals surface area contributed by atoms with Gasteiger partial charge in [-0.2, -0.15) is 0 Å². The molecule has 5 aromatic rings. The molecule has 0 unspecified atom stereocenters. The van der Waals surface area contributed by atoms with Crippen LogP contribution in [0, 0.1) is 0 Å². The van der Waals surface area contributed by atoms with E-state index in [0.717, 1.165) is 36.8 Å². The smallest absolute Gasteiger partial charge is 0.227 e. The molecule has 0 bridgehead atoms. The Balaban J connectivity index is 1.37. The first-order valence-corrected chi connectivity index (χ1v) is 12.5. The lowest BCUT2D eigenvalue weighted by Gasteiger charge is -2.01. The highest BCUT2D eigenvalue weighted by molar-refractivity contribution is 5.97. The van der Waals surface area contributed by atoms with Gasteiger partial charge in [-0.15, -0.1) is 0 Å². The van der Waals surface area contributed by atoms with Gasteiger partial charge in [0.25, 0.3) is 0 Å². The number of hydrogen-bond acceptors (Lipinski definition) is 6. The van der Waals surface area contributed by atoms with Crippen LogP contribution >= 0.6 is 0 Å². The molecule has 0 aliphatic carbocycles. The summed E-state index contributed by atoms with van der Waals surface area (Å²) in [5.74, 6) is 1.27. The van der Waals surface area contributed by atoms with E-state index in [0.29, 0.717) is 57.9 Å². The number of carbonyl (C=O) groups excluding carboxylic acids is 2. The van der Waals surface area contributed by atoms with Crippen molar-refractivity contribution in [2.75, 3.05) is 0 Å². The van der Waals surface area contributed by atoms with Gasteiger partial charge in [0, 0.05) is 41.2 Å². The summed E-state index contributed by atoms with van der Waals surface area (Å²) in [5.41, 5.74) is 5.57. The molecule has 5 rings (SSSR count). The number of Topliss-reactive ketones (excluding diaryl/α,β-unsaturated/α-hetero) is 2. The maximum Gasteiger partial charge on any atom is 0.227 e. The number of benzene rings is 3. The quantitative estimate of drug-likeness (QED) is 0.188. The highest BCUT2D eigenvalue weighted by atomic mass is 16.4. The third-order valence-electron chi connectivity index (χ3n) is 6.32. The molecule has 2 aromatic heterocycles. The predicted molar refractivity (Wildman–Crippen MR) is 140 cm³/mol. The Morgan fingerprint density at radius 1 is 0.639 bits per heavy atom. The number of nitrogens with zero attached hydrogens (tertiary/aromatic N) is 2. The predicted octanol–water partition coefficient (Wildman–Crippen LogP) is 8.05. The average molecular weight is 481 g/mol. The van der Waals surface area contributed by atoms with Crippen LogP contribution in [0.1, 0.15) is 73.1 Å². The number of rotatable bonds is 10. The number of hydrogen-bond donors (Lipinski definition) is 0. The molecule has 0 radical (unpaired) electrons. The van der Waals surface area contributed by atoms with Crippen LogP contribution in [-0.2, 0) is 0 Å². The van der Waals surface area contributed by atoms with Crippen molar-refractivity contribution in [3.8, 4) is 22.9 Å². The molecule has 0 atom stereocenters. The molecule has 6 heteroatoms. The Hall–Kier alpha value is -4.06. The van der Waals surface area contributed by atoms with E-state index in [2.05, 4.69) is 23.8 Å². The fraction of sp³-hybridized carbons (Fsp3) is 0.267. The summed E-state index contributed by atoms with van der Waals surface area (Å²) < 4.78 is 12.0. The minimum Gasteiger partial charge on any atom is -0.436 e. The molecule has 0 spiro atoms. The number of oxazole rings is 2. The van der Waals surface area contributed by atoms with Crippen LogP contribution in [0.4, 0.5) is 0 Å². The van der Waals surface area contributed by atoms with Crippen LogP contribution in [0.2, 0.25) is 0 Å². The van der Waals surface area contributed by atoms with E-state index in [9.17, 15) is 9.59 Å². The molecule has 3 aromatic carbocycles. The van der Waals surface area contributed by atoms with Crippen LogP contribution in [-0.4, -0.2) is 21.5 Å². The van der Waals surface area contributed by atoms with Gasteiger partial charge >= 0.3 is 0 Å². The third kappa shape index (κ3) is 4.85. The van der Waals surface area contributed by atoms with Crippen LogP contribution in [0.15, 0.2) is 69.5 Å². The van der Waals surface area contributed by atoms with Crippen molar-refractivity contribution in [3.63, 3.8) is 0 Å². The van der Waals surface area contributed by atoms with Gasteiger partial charge in [-0.25, -0.2) is 9.97 Å². The zero-order chi connectivity index (χ0) is 25.1. The first-order valence-electron chi connectivity index (χ1n) is 12.5. The molecule has 0 aliphatic rings. The highest BCUT2D eigenvalue weighted by Gasteiger charge is 2.15. The van der Waals surface area contributed by atoms with Crippen LogP contribution in [0.3, 0.4) is 0 Å². The third-order valence-corrected chi connectivity index (χ3v) is 6.32. The Labute approximate surface area is 209 Å². The Bertz CT molecular complexity index is 1360. The lowest BCUT2D eigenvalue weighted by molar-refractivity contribution is 0.0972. The van der Waals surface area contributed by atoms with Crippen LogP contribution in [0.25, 0.3) is 45.1 Å². The van der Waals surface area contributed by atoms with Crippen LogP contribution in [0.5, 0.6) is 0 Å². The molecule has 2 heterocycles. The highest BCUT2D eigenvalue weighted by Crippen LogP contribution is 2.31. The zero-order valence-electron chi connectivity index (χ0n) is 20.5. The second kappa shape index (κ2) is 10.3. The van der Waals surface area contributed by atoms with Crippen molar-refractivity contribution in [2.45, 2.75) is 52.4 Å². The zero-order valence-corrected chi connectivity index (χ0v) is 20.5. The summed E-state index contributed by atoms with van der Waals surface area (Å²) in [4.78, 5) is 33.7. The lowest BCUT2D eigenvalue weighted by atomic mass is 10.0. The second-order valence-electron chi connectivity index (χ2n) is 9.03. The Kier molecular flexibility index (Phi) is 6.76. The number of aromatic nitrogens is 2. The number of fused-ring (bicyclic) bond motifs is 2. The average Bonchev–Trinajstić information content (AvgIpc) is 3.52. The van der Waals surface area contributed by atoms with E-state index in [-0.39, 0.29) is 11.6 Å². The molecule has 0 saturated carbocycles. The number of carbonyl (C=O) groups is 2.